The third-order valence-corrected chi connectivity index (χ3v) is 4.50. The smallest absolute Gasteiger partial charge is 0.255 e. The standard InChI is InChI=1S/C18H21FN2O/c1-12-4-3-8-21(9-7-12)18(22)16-10-14-5-6-15(19)11-17(14)20-13(16)2/h5-6,10-12H,3-4,7-9H2,1-2H3/t12-/m1/s1. The molecule has 1 atom stereocenters. The Labute approximate surface area is 130 Å². The molecule has 1 aliphatic heterocycles. The predicted molar refractivity (Wildman–Crippen MR) is 85.4 cm³/mol. The number of likely N-dealkylation sites (tertiary alicyclic amines) is 1. The first-order valence-electron chi connectivity index (χ1n) is 7.91. The van der Waals surface area contributed by atoms with Crippen molar-refractivity contribution in [2.75, 3.05) is 13.1 Å². The highest BCUT2D eigenvalue weighted by molar-refractivity contribution is 5.98. The van der Waals surface area contributed by atoms with Crippen LogP contribution in [0.25, 0.3) is 10.9 Å². The summed E-state index contributed by atoms with van der Waals surface area (Å²) in [7, 11) is 0. The van der Waals surface area contributed by atoms with Crippen LogP contribution in [-0.4, -0.2) is 28.9 Å². The molecule has 0 spiro atoms. The van der Waals surface area contributed by atoms with Crippen LogP contribution in [0.15, 0.2) is 24.3 Å². The van der Waals surface area contributed by atoms with Crippen LogP contribution in [0.3, 0.4) is 0 Å². The van der Waals surface area contributed by atoms with Gasteiger partial charge in [-0.2, -0.15) is 0 Å². The molecule has 3 rings (SSSR count). The lowest BCUT2D eigenvalue weighted by molar-refractivity contribution is 0.0759. The number of aromatic nitrogens is 1. The van der Waals surface area contributed by atoms with Crippen molar-refractivity contribution < 1.29 is 9.18 Å². The summed E-state index contributed by atoms with van der Waals surface area (Å²) in [5.41, 5.74) is 1.90. The van der Waals surface area contributed by atoms with Crippen LogP contribution >= 0.6 is 0 Å². The summed E-state index contributed by atoms with van der Waals surface area (Å²) < 4.78 is 13.3. The highest BCUT2D eigenvalue weighted by Gasteiger charge is 2.21. The first-order valence-corrected chi connectivity index (χ1v) is 7.91. The van der Waals surface area contributed by atoms with Gasteiger partial charge in [0, 0.05) is 24.5 Å². The molecular formula is C18H21FN2O. The molecule has 1 aromatic carbocycles. The molecule has 0 radical (unpaired) electrons. The molecule has 0 bridgehead atoms. The van der Waals surface area contributed by atoms with Gasteiger partial charge in [-0.15, -0.1) is 0 Å². The zero-order chi connectivity index (χ0) is 15.7. The van der Waals surface area contributed by atoms with Gasteiger partial charge in [-0.05, 0) is 50.3 Å². The normalized spacial score (nSPS) is 19.2. The minimum Gasteiger partial charge on any atom is -0.339 e. The third-order valence-electron chi connectivity index (χ3n) is 4.50. The molecule has 22 heavy (non-hydrogen) atoms. The second kappa shape index (κ2) is 6.03. The van der Waals surface area contributed by atoms with Crippen LogP contribution < -0.4 is 0 Å². The number of hydrogen-bond donors (Lipinski definition) is 0. The van der Waals surface area contributed by atoms with E-state index in [-0.39, 0.29) is 11.7 Å². The van der Waals surface area contributed by atoms with Crippen molar-refractivity contribution in [3.63, 3.8) is 0 Å². The van der Waals surface area contributed by atoms with Crippen molar-refractivity contribution in [3.05, 3.63) is 41.3 Å². The average Bonchev–Trinajstić information content (AvgIpc) is 2.70. The van der Waals surface area contributed by atoms with E-state index in [1.807, 2.05) is 17.9 Å². The molecule has 2 heterocycles. The fraction of sp³-hybridized carbons (Fsp3) is 0.444. The fourth-order valence-electron chi connectivity index (χ4n) is 3.09. The van der Waals surface area contributed by atoms with Crippen LogP contribution in [0.1, 0.15) is 42.2 Å². The van der Waals surface area contributed by atoms with E-state index in [2.05, 4.69) is 11.9 Å². The van der Waals surface area contributed by atoms with Crippen LogP contribution in [0.4, 0.5) is 4.39 Å². The van der Waals surface area contributed by atoms with Crippen molar-refractivity contribution in [1.82, 2.24) is 9.88 Å². The van der Waals surface area contributed by atoms with Crippen LogP contribution in [0, 0.1) is 18.7 Å². The summed E-state index contributed by atoms with van der Waals surface area (Å²) in [6, 6.07) is 6.33. The van der Waals surface area contributed by atoms with Gasteiger partial charge in [0.05, 0.1) is 16.8 Å². The lowest BCUT2D eigenvalue weighted by atomic mass is 10.0. The summed E-state index contributed by atoms with van der Waals surface area (Å²) in [4.78, 5) is 19.1. The first-order chi connectivity index (χ1) is 10.5. The number of aryl methyl sites for hydroxylation is 1. The quantitative estimate of drug-likeness (QED) is 0.799. The molecular weight excluding hydrogens is 279 g/mol. The monoisotopic (exact) mass is 300 g/mol. The number of halogens is 1. The van der Waals surface area contributed by atoms with E-state index in [1.165, 1.54) is 18.6 Å². The van der Waals surface area contributed by atoms with Crippen LogP contribution in [-0.2, 0) is 0 Å². The van der Waals surface area contributed by atoms with Crippen LogP contribution in [0.5, 0.6) is 0 Å². The number of carbonyl (C=O) groups excluding carboxylic acids is 1. The van der Waals surface area contributed by atoms with Gasteiger partial charge < -0.3 is 4.90 Å². The maximum absolute atomic E-state index is 13.3. The number of amides is 1. The second-order valence-electron chi connectivity index (χ2n) is 6.29. The number of benzene rings is 1. The van der Waals surface area contributed by atoms with Crippen molar-refractivity contribution in [3.8, 4) is 0 Å². The summed E-state index contributed by atoms with van der Waals surface area (Å²) in [5, 5.41) is 0.804. The molecule has 1 fully saturated rings. The maximum atomic E-state index is 13.3. The Bertz CT molecular complexity index is 714. The van der Waals surface area contributed by atoms with E-state index in [4.69, 9.17) is 0 Å². The largest absolute Gasteiger partial charge is 0.339 e. The van der Waals surface area contributed by atoms with Gasteiger partial charge in [-0.3, -0.25) is 9.78 Å². The highest BCUT2D eigenvalue weighted by Crippen LogP contribution is 2.22. The summed E-state index contributed by atoms with van der Waals surface area (Å²) in [6.07, 6.45) is 3.28. The van der Waals surface area contributed by atoms with E-state index >= 15 is 0 Å². The number of fused-ring (bicyclic) bond motifs is 1. The van der Waals surface area contributed by atoms with Gasteiger partial charge in [0.15, 0.2) is 0 Å². The number of rotatable bonds is 1. The minimum atomic E-state index is -0.306. The second-order valence-corrected chi connectivity index (χ2v) is 6.29. The zero-order valence-corrected chi connectivity index (χ0v) is 13.1. The van der Waals surface area contributed by atoms with Gasteiger partial charge in [0.25, 0.3) is 5.91 Å². The summed E-state index contributed by atoms with van der Waals surface area (Å²) in [5.74, 6) is 0.418. The molecule has 3 nitrogen and oxygen atoms in total. The third kappa shape index (κ3) is 2.96. The molecule has 1 aromatic heterocycles. The lowest BCUT2D eigenvalue weighted by Gasteiger charge is -2.21. The topological polar surface area (TPSA) is 33.2 Å². The highest BCUT2D eigenvalue weighted by atomic mass is 19.1. The Hall–Kier alpha value is -1.97. The van der Waals surface area contributed by atoms with Crippen molar-refractivity contribution in [1.29, 1.82) is 0 Å². The van der Waals surface area contributed by atoms with Gasteiger partial charge in [-0.25, -0.2) is 4.39 Å². The van der Waals surface area contributed by atoms with Gasteiger partial charge in [0.1, 0.15) is 5.82 Å². The minimum absolute atomic E-state index is 0.0466. The van der Waals surface area contributed by atoms with E-state index < -0.39 is 0 Å². The summed E-state index contributed by atoms with van der Waals surface area (Å²) in [6.45, 7) is 5.67. The molecule has 2 aromatic rings. The number of hydrogen-bond acceptors (Lipinski definition) is 2. The van der Waals surface area contributed by atoms with Crippen molar-refractivity contribution in [2.24, 2.45) is 5.92 Å². The molecule has 0 N–H and O–H groups in total. The molecule has 0 unspecified atom stereocenters. The SMILES string of the molecule is Cc1nc2cc(F)ccc2cc1C(=O)N1CCC[C@@H](C)CC1. The molecule has 1 aliphatic rings. The molecule has 1 saturated heterocycles. The Morgan fingerprint density at radius 3 is 2.91 bits per heavy atom. The van der Waals surface area contributed by atoms with Gasteiger partial charge in [-0.1, -0.05) is 6.92 Å². The molecule has 116 valence electrons. The number of nitrogens with zero attached hydrogens (tertiary/aromatic N) is 2. The number of pyridine rings is 1. The van der Waals surface area contributed by atoms with Crippen LogP contribution in [0.2, 0.25) is 0 Å². The van der Waals surface area contributed by atoms with E-state index in [0.717, 1.165) is 31.3 Å². The zero-order valence-electron chi connectivity index (χ0n) is 13.1. The van der Waals surface area contributed by atoms with E-state index in [9.17, 15) is 9.18 Å². The molecule has 1 amide bonds. The van der Waals surface area contributed by atoms with Crippen molar-refractivity contribution in [2.45, 2.75) is 33.1 Å². The first kappa shape index (κ1) is 14.9. The molecule has 0 saturated carbocycles. The van der Waals surface area contributed by atoms with Crippen molar-refractivity contribution >= 4 is 16.8 Å². The Balaban J connectivity index is 1.93. The van der Waals surface area contributed by atoms with E-state index in [0.29, 0.717) is 22.7 Å². The van der Waals surface area contributed by atoms with E-state index in [1.54, 1.807) is 6.07 Å². The molecule has 0 aliphatic carbocycles. The Morgan fingerprint density at radius 1 is 1.27 bits per heavy atom. The Kier molecular flexibility index (Phi) is 4.10. The summed E-state index contributed by atoms with van der Waals surface area (Å²) >= 11 is 0. The Morgan fingerprint density at radius 2 is 2.09 bits per heavy atom. The number of carbonyl (C=O) groups is 1. The van der Waals surface area contributed by atoms with Gasteiger partial charge >= 0.3 is 0 Å². The lowest BCUT2D eigenvalue weighted by Crippen LogP contribution is -2.32. The maximum Gasteiger partial charge on any atom is 0.255 e. The molecule has 4 heteroatoms. The predicted octanol–water partition coefficient (Wildman–Crippen LogP) is 3.94. The fourth-order valence-corrected chi connectivity index (χ4v) is 3.09. The van der Waals surface area contributed by atoms with Gasteiger partial charge in [0.2, 0.25) is 0 Å². The average molecular weight is 300 g/mol.